The predicted octanol–water partition coefficient (Wildman–Crippen LogP) is 2.35. The molecular weight excluding hydrogens is 282 g/mol. The topological polar surface area (TPSA) is 63.2 Å². The third-order valence-electron chi connectivity index (χ3n) is 2.67. The Balaban J connectivity index is 2.14. The van der Waals surface area contributed by atoms with Crippen molar-refractivity contribution in [1.82, 2.24) is 4.72 Å². The van der Waals surface area contributed by atoms with Crippen LogP contribution in [0.4, 0.5) is 0 Å². The van der Waals surface area contributed by atoms with E-state index < -0.39 is 10.0 Å². The van der Waals surface area contributed by atoms with Gasteiger partial charge in [-0.25, -0.2) is 13.1 Å². The Kier molecular flexibility index (Phi) is 4.14. The standard InChI is InChI=1S/C13H13NO3S2/c1-10-2-4-12(5-3-10)19(16,17)14-8-11-6-7-18-13(11)9-15/h2-7,9,14H,8H2,1H3. The molecule has 0 fully saturated rings. The number of nitrogens with one attached hydrogen (secondary N) is 1. The number of benzene rings is 1. The fraction of sp³-hybridized carbons (Fsp3) is 0.154. The van der Waals surface area contributed by atoms with E-state index in [1.807, 2.05) is 6.92 Å². The number of aryl methyl sites for hydroxylation is 1. The second-order valence-corrected chi connectivity index (χ2v) is 6.78. The maximum absolute atomic E-state index is 12.0. The fourth-order valence-corrected chi connectivity index (χ4v) is 3.30. The van der Waals surface area contributed by atoms with Gasteiger partial charge in [-0.3, -0.25) is 4.79 Å². The summed E-state index contributed by atoms with van der Waals surface area (Å²) in [6.07, 6.45) is 0.736. The highest BCUT2D eigenvalue weighted by atomic mass is 32.2. The molecule has 0 amide bonds. The number of carbonyl (C=O) groups excluding carboxylic acids is 1. The zero-order valence-electron chi connectivity index (χ0n) is 10.3. The molecule has 0 spiro atoms. The minimum atomic E-state index is -3.54. The van der Waals surface area contributed by atoms with Gasteiger partial charge in [0.15, 0.2) is 6.29 Å². The van der Waals surface area contributed by atoms with Gasteiger partial charge in [-0.05, 0) is 36.1 Å². The molecule has 0 atom stereocenters. The summed E-state index contributed by atoms with van der Waals surface area (Å²) < 4.78 is 26.6. The summed E-state index contributed by atoms with van der Waals surface area (Å²) in [6, 6.07) is 8.36. The van der Waals surface area contributed by atoms with Gasteiger partial charge in [0.05, 0.1) is 9.77 Å². The van der Waals surface area contributed by atoms with E-state index in [9.17, 15) is 13.2 Å². The molecule has 6 heteroatoms. The third-order valence-corrected chi connectivity index (χ3v) is 4.97. The van der Waals surface area contributed by atoms with Crippen LogP contribution in [0.3, 0.4) is 0 Å². The van der Waals surface area contributed by atoms with Crippen LogP contribution in [-0.4, -0.2) is 14.7 Å². The van der Waals surface area contributed by atoms with E-state index in [4.69, 9.17) is 0 Å². The van der Waals surface area contributed by atoms with Gasteiger partial charge in [-0.2, -0.15) is 0 Å². The molecule has 0 bridgehead atoms. The molecule has 19 heavy (non-hydrogen) atoms. The average Bonchev–Trinajstić information content (AvgIpc) is 2.84. The van der Waals surface area contributed by atoms with Crippen LogP contribution < -0.4 is 4.72 Å². The minimum Gasteiger partial charge on any atom is -0.297 e. The van der Waals surface area contributed by atoms with Gasteiger partial charge in [-0.1, -0.05) is 17.7 Å². The van der Waals surface area contributed by atoms with Gasteiger partial charge in [0.25, 0.3) is 0 Å². The van der Waals surface area contributed by atoms with Crippen LogP contribution >= 0.6 is 11.3 Å². The van der Waals surface area contributed by atoms with Gasteiger partial charge in [0.2, 0.25) is 10.0 Å². The molecule has 2 aromatic rings. The first-order chi connectivity index (χ1) is 9.03. The van der Waals surface area contributed by atoms with Crippen molar-refractivity contribution in [1.29, 1.82) is 0 Å². The lowest BCUT2D eigenvalue weighted by Crippen LogP contribution is -2.23. The maximum atomic E-state index is 12.0. The second-order valence-electron chi connectivity index (χ2n) is 4.07. The highest BCUT2D eigenvalue weighted by Gasteiger charge is 2.14. The summed E-state index contributed by atoms with van der Waals surface area (Å²) >= 11 is 1.30. The summed E-state index contributed by atoms with van der Waals surface area (Å²) in [6.45, 7) is 2.01. The summed E-state index contributed by atoms with van der Waals surface area (Å²) in [5.41, 5.74) is 1.69. The fourth-order valence-electron chi connectivity index (χ4n) is 1.57. The number of rotatable bonds is 5. The third kappa shape index (κ3) is 3.28. The molecule has 0 unspecified atom stereocenters. The molecule has 1 heterocycles. The molecule has 0 saturated carbocycles. The Hall–Kier alpha value is -1.50. The van der Waals surface area contributed by atoms with E-state index in [2.05, 4.69) is 4.72 Å². The van der Waals surface area contributed by atoms with Crippen LogP contribution in [0.25, 0.3) is 0 Å². The molecule has 1 aromatic heterocycles. The molecular formula is C13H13NO3S2. The van der Waals surface area contributed by atoms with Crippen molar-refractivity contribution in [3.8, 4) is 0 Å². The first kappa shape index (κ1) is 13.9. The van der Waals surface area contributed by atoms with Gasteiger partial charge in [0, 0.05) is 6.54 Å². The van der Waals surface area contributed by atoms with E-state index in [-0.39, 0.29) is 11.4 Å². The minimum absolute atomic E-state index is 0.119. The number of sulfonamides is 1. The SMILES string of the molecule is Cc1ccc(S(=O)(=O)NCc2ccsc2C=O)cc1. The molecule has 0 saturated heterocycles. The largest absolute Gasteiger partial charge is 0.297 e. The van der Waals surface area contributed by atoms with Crippen molar-refractivity contribution in [2.24, 2.45) is 0 Å². The van der Waals surface area contributed by atoms with Crippen molar-refractivity contribution >= 4 is 27.6 Å². The molecule has 1 N–H and O–H groups in total. The molecule has 0 aliphatic rings. The van der Waals surface area contributed by atoms with Crippen molar-refractivity contribution < 1.29 is 13.2 Å². The Labute approximate surface area is 116 Å². The van der Waals surface area contributed by atoms with E-state index in [0.717, 1.165) is 11.8 Å². The summed E-state index contributed by atoms with van der Waals surface area (Å²) in [7, 11) is -3.54. The lowest BCUT2D eigenvalue weighted by Gasteiger charge is -2.06. The molecule has 4 nitrogen and oxygen atoms in total. The van der Waals surface area contributed by atoms with Crippen molar-refractivity contribution in [3.63, 3.8) is 0 Å². The lowest BCUT2D eigenvalue weighted by atomic mass is 10.2. The van der Waals surface area contributed by atoms with Gasteiger partial charge < -0.3 is 0 Å². The lowest BCUT2D eigenvalue weighted by molar-refractivity contribution is 0.112. The zero-order chi connectivity index (χ0) is 13.9. The van der Waals surface area contributed by atoms with Gasteiger partial charge in [-0.15, -0.1) is 11.3 Å². The second kappa shape index (κ2) is 5.64. The molecule has 100 valence electrons. The molecule has 0 aliphatic heterocycles. The predicted molar refractivity (Wildman–Crippen MR) is 74.9 cm³/mol. The Bertz CT molecular complexity index is 672. The van der Waals surface area contributed by atoms with Crippen molar-refractivity contribution in [3.05, 3.63) is 51.7 Å². The Morgan fingerprint density at radius 1 is 1.21 bits per heavy atom. The summed E-state index contributed by atoms with van der Waals surface area (Å²) in [5.74, 6) is 0. The first-order valence-electron chi connectivity index (χ1n) is 5.61. The van der Waals surface area contributed by atoms with Crippen LogP contribution in [0, 0.1) is 6.92 Å². The number of thiophene rings is 1. The maximum Gasteiger partial charge on any atom is 0.240 e. The van der Waals surface area contributed by atoms with Crippen LogP contribution in [0.1, 0.15) is 20.8 Å². The van der Waals surface area contributed by atoms with E-state index in [0.29, 0.717) is 10.4 Å². The average molecular weight is 295 g/mol. The smallest absolute Gasteiger partial charge is 0.240 e. The Morgan fingerprint density at radius 2 is 1.89 bits per heavy atom. The van der Waals surface area contributed by atoms with Gasteiger partial charge >= 0.3 is 0 Å². The van der Waals surface area contributed by atoms with Crippen LogP contribution in [0.2, 0.25) is 0 Å². The summed E-state index contributed by atoms with van der Waals surface area (Å²) in [5, 5.41) is 1.76. The monoisotopic (exact) mass is 295 g/mol. The molecule has 0 aliphatic carbocycles. The van der Waals surface area contributed by atoms with E-state index in [1.54, 1.807) is 35.7 Å². The number of hydrogen-bond donors (Lipinski definition) is 1. The van der Waals surface area contributed by atoms with Crippen LogP contribution in [0.15, 0.2) is 40.6 Å². The highest BCUT2D eigenvalue weighted by Crippen LogP contribution is 2.16. The molecule has 0 radical (unpaired) electrons. The van der Waals surface area contributed by atoms with Crippen molar-refractivity contribution in [2.45, 2.75) is 18.4 Å². The normalized spacial score (nSPS) is 11.4. The summed E-state index contributed by atoms with van der Waals surface area (Å²) in [4.78, 5) is 11.5. The number of hydrogen-bond acceptors (Lipinski definition) is 4. The van der Waals surface area contributed by atoms with Crippen LogP contribution in [-0.2, 0) is 16.6 Å². The van der Waals surface area contributed by atoms with Crippen LogP contribution in [0.5, 0.6) is 0 Å². The van der Waals surface area contributed by atoms with E-state index in [1.165, 1.54) is 11.3 Å². The quantitative estimate of drug-likeness (QED) is 0.861. The zero-order valence-corrected chi connectivity index (χ0v) is 11.9. The van der Waals surface area contributed by atoms with E-state index >= 15 is 0 Å². The molecule has 2 rings (SSSR count). The highest BCUT2D eigenvalue weighted by molar-refractivity contribution is 7.89. The number of aldehydes is 1. The Morgan fingerprint density at radius 3 is 2.53 bits per heavy atom. The molecule has 1 aromatic carbocycles. The van der Waals surface area contributed by atoms with Crippen molar-refractivity contribution in [2.75, 3.05) is 0 Å². The first-order valence-corrected chi connectivity index (χ1v) is 7.97. The number of carbonyl (C=O) groups is 1. The van der Waals surface area contributed by atoms with Gasteiger partial charge in [0.1, 0.15) is 0 Å².